The van der Waals surface area contributed by atoms with Gasteiger partial charge in [-0.15, -0.1) is 0 Å². The third-order valence-corrected chi connectivity index (χ3v) is 4.76. The van der Waals surface area contributed by atoms with Gasteiger partial charge in [0.25, 0.3) is 0 Å². The van der Waals surface area contributed by atoms with E-state index in [0.29, 0.717) is 11.8 Å². The molecule has 2 heterocycles. The van der Waals surface area contributed by atoms with Crippen LogP contribution in [0.25, 0.3) is 0 Å². The Labute approximate surface area is 126 Å². The number of hydrogen-bond acceptors (Lipinski definition) is 5. The van der Waals surface area contributed by atoms with Crippen LogP contribution < -0.4 is 20.5 Å². The molecule has 0 aliphatic carbocycles. The Morgan fingerprint density at radius 1 is 1.24 bits per heavy atom. The number of benzene rings is 1. The quantitative estimate of drug-likeness (QED) is 0.824. The van der Waals surface area contributed by atoms with Crippen LogP contribution in [0.15, 0.2) is 6.07 Å². The molecule has 2 aliphatic heterocycles. The van der Waals surface area contributed by atoms with E-state index in [-0.39, 0.29) is 0 Å². The SMILES string of the molecule is COc1cc2c(c(N)c1OC)CCN(C1CCNCC1)C2. The molecule has 1 aromatic rings. The first kappa shape index (κ1) is 14.5. The van der Waals surface area contributed by atoms with E-state index in [4.69, 9.17) is 15.2 Å². The van der Waals surface area contributed by atoms with Crippen molar-refractivity contribution in [1.82, 2.24) is 10.2 Å². The Kier molecular flexibility index (Phi) is 4.22. The van der Waals surface area contributed by atoms with Crippen LogP contribution in [-0.2, 0) is 13.0 Å². The topological polar surface area (TPSA) is 59.8 Å². The van der Waals surface area contributed by atoms with Gasteiger partial charge in [0.1, 0.15) is 0 Å². The second-order valence-electron chi connectivity index (χ2n) is 5.87. The molecule has 3 rings (SSSR count). The number of nitrogen functional groups attached to an aromatic ring is 1. The standard InChI is InChI=1S/C16H25N3O2/c1-20-14-9-11-10-19(12-3-6-18-7-4-12)8-5-13(11)15(17)16(14)21-2/h9,12,18H,3-8,10,17H2,1-2H3. The molecule has 0 atom stereocenters. The molecule has 1 saturated heterocycles. The van der Waals surface area contributed by atoms with Gasteiger partial charge >= 0.3 is 0 Å². The fourth-order valence-corrected chi connectivity index (χ4v) is 3.59. The van der Waals surface area contributed by atoms with Crippen LogP contribution >= 0.6 is 0 Å². The summed E-state index contributed by atoms with van der Waals surface area (Å²) < 4.78 is 10.8. The lowest BCUT2D eigenvalue weighted by Crippen LogP contribution is -2.45. The zero-order valence-electron chi connectivity index (χ0n) is 12.9. The molecule has 1 fully saturated rings. The Hall–Kier alpha value is -1.46. The maximum absolute atomic E-state index is 6.28. The number of nitrogens with zero attached hydrogens (tertiary/aromatic N) is 1. The highest BCUT2D eigenvalue weighted by atomic mass is 16.5. The van der Waals surface area contributed by atoms with Gasteiger partial charge in [-0.25, -0.2) is 0 Å². The molecule has 3 N–H and O–H groups in total. The van der Waals surface area contributed by atoms with Crippen LogP contribution in [0.4, 0.5) is 5.69 Å². The molecular weight excluding hydrogens is 266 g/mol. The number of anilines is 1. The molecule has 116 valence electrons. The maximum Gasteiger partial charge on any atom is 0.184 e. The lowest BCUT2D eigenvalue weighted by Gasteiger charge is -2.38. The molecule has 2 aliphatic rings. The first-order valence-corrected chi connectivity index (χ1v) is 7.71. The lowest BCUT2D eigenvalue weighted by atomic mass is 9.94. The summed E-state index contributed by atoms with van der Waals surface area (Å²) in [6.07, 6.45) is 3.46. The predicted molar refractivity (Wildman–Crippen MR) is 84.0 cm³/mol. The Balaban J connectivity index is 1.86. The van der Waals surface area contributed by atoms with Gasteiger partial charge in [0, 0.05) is 19.1 Å². The van der Waals surface area contributed by atoms with E-state index >= 15 is 0 Å². The van der Waals surface area contributed by atoms with Crippen LogP contribution in [0.2, 0.25) is 0 Å². The van der Waals surface area contributed by atoms with E-state index in [1.165, 1.54) is 24.0 Å². The van der Waals surface area contributed by atoms with Gasteiger partial charge in [0.15, 0.2) is 11.5 Å². The third kappa shape index (κ3) is 2.68. The summed E-state index contributed by atoms with van der Waals surface area (Å²) in [6.45, 7) is 4.30. The number of fused-ring (bicyclic) bond motifs is 1. The van der Waals surface area contributed by atoms with Crippen molar-refractivity contribution in [2.24, 2.45) is 0 Å². The normalized spacial score (nSPS) is 20.1. The monoisotopic (exact) mass is 291 g/mol. The number of ether oxygens (including phenoxy) is 2. The molecule has 0 bridgehead atoms. The van der Waals surface area contributed by atoms with E-state index in [2.05, 4.69) is 16.3 Å². The van der Waals surface area contributed by atoms with Gasteiger partial charge in [-0.2, -0.15) is 0 Å². The van der Waals surface area contributed by atoms with Crippen LogP contribution in [0.3, 0.4) is 0 Å². The first-order valence-electron chi connectivity index (χ1n) is 7.71. The summed E-state index contributed by atoms with van der Waals surface area (Å²) in [5, 5.41) is 3.43. The molecule has 0 saturated carbocycles. The summed E-state index contributed by atoms with van der Waals surface area (Å²) in [5.74, 6) is 1.41. The fourth-order valence-electron chi connectivity index (χ4n) is 3.59. The molecule has 0 aromatic heterocycles. The molecule has 5 heteroatoms. The second kappa shape index (κ2) is 6.12. The number of nitrogens with one attached hydrogen (secondary N) is 1. The minimum absolute atomic E-state index is 0.673. The first-order chi connectivity index (χ1) is 10.2. The smallest absolute Gasteiger partial charge is 0.184 e. The minimum atomic E-state index is 0.673. The highest BCUT2D eigenvalue weighted by Crippen LogP contribution is 2.40. The van der Waals surface area contributed by atoms with Crippen molar-refractivity contribution >= 4 is 5.69 Å². The number of methoxy groups -OCH3 is 2. The van der Waals surface area contributed by atoms with E-state index < -0.39 is 0 Å². The van der Waals surface area contributed by atoms with Gasteiger partial charge in [-0.05, 0) is 49.5 Å². The van der Waals surface area contributed by atoms with Crippen molar-refractivity contribution in [3.05, 3.63) is 17.2 Å². The van der Waals surface area contributed by atoms with Gasteiger partial charge in [-0.3, -0.25) is 4.90 Å². The van der Waals surface area contributed by atoms with Gasteiger partial charge in [-0.1, -0.05) is 0 Å². The van der Waals surface area contributed by atoms with Gasteiger partial charge in [0.05, 0.1) is 19.9 Å². The van der Waals surface area contributed by atoms with Crippen LogP contribution in [0, 0.1) is 0 Å². The molecule has 1 aromatic carbocycles. The van der Waals surface area contributed by atoms with Crippen LogP contribution in [0.1, 0.15) is 24.0 Å². The van der Waals surface area contributed by atoms with Crippen LogP contribution in [-0.4, -0.2) is 44.8 Å². The molecule has 0 spiro atoms. The second-order valence-corrected chi connectivity index (χ2v) is 5.87. The number of rotatable bonds is 3. The van der Waals surface area contributed by atoms with Crippen molar-refractivity contribution in [2.75, 3.05) is 39.6 Å². The molecule has 5 nitrogen and oxygen atoms in total. The molecular formula is C16H25N3O2. The highest BCUT2D eigenvalue weighted by Gasteiger charge is 2.27. The van der Waals surface area contributed by atoms with Gasteiger partial charge in [0.2, 0.25) is 0 Å². The zero-order valence-corrected chi connectivity index (χ0v) is 12.9. The van der Waals surface area contributed by atoms with Crippen molar-refractivity contribution in [1.29, 1.82) is 0 Å². The van der Waals surface area contributed by atoms with Gasteiger partial charge < -0.3 is 20.5 Å². The fraction of sp³-hybridized carbons (Fsp3) is 0.625. The Bertz CT molecular complexity index is 513. The Morgan fingerprint density at radius 3 is 2.67 bits per heavy atom. The minimum Gasteiger partial charge on any atom is -0.493 e. The molecule has 0 radical (unpaired) electrons. The zero-order chi connectivity index (χ0) is 14.8. The van der Waals surface area contributed by atoms with E-state index in [9.17, 15) is 0 Å². The lowest BCUT2D eigenvalue weighted by molar-refractivity contribution is 0.147. The van der Waals surface area contributed by atoms with E-state index in [1.54, 1.807) is 14.2 Å². The summed E-state index contributed by atoms with van der Waals surface area (Å²) >= 11 is 0. The van der Waals surface area contributed by atoms with Crippen molar-refractivity contribution in [3.8, 4) is 11.5 Å². The van der Waals surface area contributed by atoms with Crippen molar-refractivity contribution in [2.45, 2.75) is 31.8 Å². The molecule has 21 heavy (non-hydrogen) atoms. The van der Waals surface area contributed by atoms with Crippen molar-refractivity contribution < 1.29 is 9.47 Å². The summed E-state index contributed by atoms with van der Waals surface area (Å²) in [6, 6.07) is 2.78. The molecule has 0 amide bonds. The van der Waals surface area contributed by atoms with Crippen LogP contribution in [0.5, 0.6) is 11.5 Å². The number of piperidine rings is 1. The summed E-state index contributed by atoms with van der Waals surface area (Å²) in [4.78, 5) is 2.59. The van der Waals surface area contributed by atoms with E-state index in [0.717, 1.165) is 44.0 Å². The number of hydrogen-bond donors (Lipinski definition) is 2. The third-order valence-electron chi connectivity index (χ3n) is 4.76. The maximum atomic E-state index is 6.28. The highest BCUT2D eigenvalue weighted by molar-refractivity contribution is 5.68. The van der Waals surface area contributed by atoms with Crippen molar-refractivity contribution in [3.63, 3.8) is 0 Å². The average Bonchev–Trinajstić information content (AvgIpc) is 2.55. The molecule has 0 unspecified atom stereocenters. The summed E-state index contributed by atoms with van der Waals surface area (Å²) in [7, 11) is 3.31. The Morgan fingerprint density at radius 2 is 2.00 bits per heavy atom. The predicted octanol–water partition coefficient (Wildman–Crippen LogP) is 1.40. The van der Waals surface area contributed by atoms with E-state index in [1.807, 2.05) is 0 Å². The number of nitrogens with two attached hydrogens (primary N) is 1. The largest absolute Gasteiger partial charge is 0.493 e. The average molecular weight is 291 g/mol. The summed E-state index contributed by atoms with van der Waals surface area (Å²) in [5.41, 5.74) is 9.55.